The molecule has 0 spiro atoms. The monoisotopic (exact) mass is 286 g/mol. The molecule has 0 unspecified atom stereocenters. The van der Waals surface area contributed by atoms with Crippen LogP contribution in [0, 0.1) is 5.92 Å². The smallest absolute Gasteiger partial charge is 0.407 e. The van der Waals surface area contributed by atoms with Gasteiger partial charge in [0.25, 0.3) is 0 Å². The van der Waals surface area contributed by atoms with Crippen molar-refractivity contribution in [3.8, 4) is 0 Å². The van der Waals surface area contributed by atoms with Crippen LogP contribution in [-0.4, -0.2) is 43.4 Å². The van der Waals surface area contributed by atoms with Gasteiger partial charge >= 0.3 is 6.09 Å². The lowest BCUT2D eigenvalue weighted by Crippen LogP contribution is -2.45. The van der Waals surface area contributed by atoms with E-state index in [1.807, 2.05) is 27.7 Å². The Kier molecular flexibility index (Phi) is 6.26. The molecule has 0 aliphatic carbocycles. The molecule has 1 atom stereocenters. The van der Waals surface area contributed by atoms with E-state index in [0.717, 1.165) is 12.8 Å². The van der Waals surface area contributed by atoms with Crippen LogP contribution in [-0.2, 0) is 14.3 Å². The lowest BCUT2D eigenvalue weighted by Gasteiger charge is -2.24. The quantitative estimate of drug-likeness (QED) is 0.820. The lowest BCUT2D eigenvalue weighted by atomic mass is 9.99. The zero-order valence-electron chi connectivity index (χ0n) is 12.8. The molecule has 2 amide bonds. The van der Waals surface area contributed by atoms with Crippen molar-refractivity contribution >= 4 is 12.0 Å². The zero-order valence-corrected chi connectivity index (χ0v) is 12.8. The minimum absolute atomic E-state index is 0.0210. The van der Waals surface area contributed by atoms with E-state index in [1.165, 1.54) is 0 Å². The van der Waals surface area contributed by atoms with E-state index < -0.39 is 11.7 Å². The van der Waals surface area contributed by atoms with Crippen LogP contribution >= 0.6 is 0 Å². The summed E-state index contributed by atoms with van der Waals surface area (Å²) in [7, 11) is 0. The summed E-state index contributed by atoms with van der Waals surface area (Å²) < 4.78 is 10.4. The molecule has 0 saturated carbocycles. The standard InChI is InChI=1S/C14H26N2O4/c1-10(9-15-13(18)20-14(2,3)4)16-12(17)11-5-7-19-8-6-11/h10-11H,5-9H2,1-4H3,(H,15,18)(H,16,17)/t10-/m0/s1. The molecule has 0 aromatic carbocycles. The Bertz CT molecular complexity index is 333. The molecule has 1 aliphatic rings. The normalized spacial score (nSPS) is 18.2. The maximum Gasteiger partial charge on any atom is 0.407 e. The molecule has 1 heterocycles. The number of amides is 2. The molecule has 116 valence electrons. The summed E-state index contributed by atoms with van der Waals surface area (Å²) in [6.07, 6.45) is 1.06. The Hall–Kier alpha value is -1.30. The molecule has 1 rings (SSSR count). The van der Waals surface area contributed by atoms with E-state index in [4.69, 9.17) is 9.47 Å². The van der Waals surface area contributed by atoms with Gasteiger partial charge in [-0.25, -0.2) is 4.79 Å². The van der Waals surface area contributed by atoms with E-state index in [2.05, 4.69) is 10.6 Å². The second-order valence-electron chi connectivity index (χ2n) is 6.18. The third kappa shape index (κ3) is 6.75. The molecular formula is C14H26N2O4. The van der Waals surface area contributed by atoms with Crippen LogP contribution in [0.4, 0.5) is 4.79 Å². The molecule has 0 aromatic heterocycles. The molecule has 2 N–H and O–H groups in total. The van der Waals surface area contributed by atoms with Gasteiger partial charge in [0.1, 0.15) is 5.60 Å². The Morgan fingerprint density at radius 3 is 2.45 bits per heavy atom. The molecule has 6 heteroatoms. The molecule has 20 heavy (non-hydrogen) atoms. The van der Waals surface area contributed by atoms with Crippen molar-refractivity contribution in [3.63, 3.8) is 0 Å². The summed E-state index contributed by atoms with van der Waals surface area (Å²) in [5, 5.41) is 5.55. The topological polar surface area (TPSA) is 76.7 Å². The fourth-order valence-electron chi connectivity index (χ4n) is 1.92. The van der Waals surface area contributed by atoms with Crippen molar-refractivity contribution in [2.24, 2.45) is 5.92 Å². The highest BCUT2D eigenvalue weighted by molar-refractivity contribution is 5.79. The summed E-state index contributed by atoms with van der Waals surface area (Å²) in [5.41, 5.74) is -0.515. The van der Waals surface area contributed by atoms with Crippen molar-refractivity contribution < 1.29 is 19.1 Å². The lowest BCUT2D eigenvalue weighted by molar-refractivity contribution is -0.128. The van der Waals surface area contributed by atoms with Gasteiger partial charge in [-0.2, -0.15) is 0 Å². The fraction of sp³-hybridized carbons (Fsp3) is 0.857. The zero-order chi connectivity index (χ0) is 15.2. The number of ether oxygens (including phenoxy) is 2. The van der Waals surface area contributed by atoms with Crippen LogP contribution in [0.1, 0.15) is 40.5 Å². The highest BCUT2D eigenvalue weighted by Gasteiger charge is 2.23. The predicted molar refractivity (Wildman–Crippen MR) is 75.4 cm³/mol. The predicted octanol–water partition coefficient (Wildman–Crippen LogP) is 1.44. The van der Waals surface area contributed by atoms with Crippen molar-refractivity contribution in [2.75, 3.05) is 19.8 Å². The molecular weight excluding hydrogens is 260 g/mol. The van der Waals surface area contributed by atoms with Gasteiger partial charge in [0, 0.05) is 31.7 Å². The first-order valence-electron chi connectivity index (χ1n) is 7.13. The summed E-state index contributed by atoms with van der Waals surface area (Å²) in [4.78, 5) is 23.5. The molecule has 1 saturated heterocycles. The number of hydrogen-bond acceptors (Lipinski definition) is 4. The minimum Gasteiger partial charge on any atom is -0.444 e. The van der Waals surface area contributed by atoms with Crippen molar-refractivity contribution in [1.82, 2.24) is 10.6 Å². The Labute approximate surface area is 120 Å². The van der Waals surface area contributed by atoms with E-state index in [0.29, 0.717) is 19.8 Å². The van der Waals surface area contributed by atoms with E-state index in [-0.39, 0.29) is 17.9 Å². The number of hydrogen-bond donors (Lipinski definition) is 2. The van der Waals surface area contributed by atoms with Gasteiger partial charge < -0.3 is 20.1 Å². The van der Waals surface area contributed by atoms with Crippen LogP contribution in [0.3, 0.4) is 0 Å². The van der Waals surface area contributed by atoms with E-state index >= 15 is 0 Å². The number of rotatable bonds is 4. The number of alkyl carbamates (subject to hydrolysis) is 1. The SMILES string of the molecule is C[C@@H](CNC(=O)OC(C)(C)C)NC(=O)C1CCOCC1. The number of carbonyl (C=O) groups is 2. The minimum atomic E-state index is -0.515. The maximum absolute atomic E-state index is 12.0. The van der Waals surface area contributed by atoms with E-state index in [1.54, 1.807) is 0 Å². The van der Waals surface area contributed by atoms with Crippen molar-refractivity contribution in [3.05, 3.63) is 0 Å². The first-order valence-corrected chi connectivity index (χ1v) is 7.13. The van der Waals surface area contributed by atoms with Crippen molar-refractivity contribution in [2.45, 2.75) is 52.2 Å². The molecule has 0 radical (unpaired) electrons. The first-order chi connectivity index (χ1) is 9.28. The van der Waals surface area contributed by atoms with Crippen LogP contribution < -0.4 is 10.6 Å². The molecule has 0 aromatic rings. The van der Waals surface area contributed by atoms with Crippen LogP contribution in [0.15, 0.2) is 0 Å². The molecule has 1 aliphatic heterocycles. The van der Waals surface area contributed by atoms with Crippen LogP contribution in [0.5, 0.6) is 0 Å². The number of carbonyl (C=O) groups excluding carboxylic acids is 2. The first kappa shape index (κ1) is 16.8. The summed E-state index contributed by atoms with van der Waals surface area (Å²) >= 11 is 0. The largest absolute Gasteiger partial charge is 0.444 e. The Balaban J connectivity index is 2.23. The average Bonchev–Trinajstić information content (AvgIpc) is 2.35. The molecule has 6 nitrogen and oxygen atoms in total. The molecule has 0 bridgehead atoms. The summed E-state index contributed by atoms with van der Waals surface area (Å²) in [6, 6.07) is -0.127. The fourth-order valence-corrected chi connectivity index (χ4v) is 1.92. The molecule has 1 fully saturated rings. The summed E-state index contributed by atoms with van der Waals surface area (Å²) in [6.45, 7) is 8.92. The van der Waals surface area contributed by atoms with E-state index in [9.17, 15) is 9.59 Å². The highest BCUT2D eigenvalue weighted by atomic mass is 16.6. The van der Waals surface area contributed by atoms with Gasteiger partial charge in [-0.3, -0.25) is 4.79 Å². The maximum atomic E-state index is 12.0. The Morgan fingerprint density at radius 2 is 1.90 bits per heavy atom. The van der Waals surface area contributed by atoms with Crippen LogP contribution in [0.2, 0.25) is 0 Å². The van der Waals surface area contributed by atoms with Crippen LogP contribution in [0.25, 0.3) is 0 Å². The third-order valence-corrected chi connectivity index (χ3v) is 2.93. The average molecular weight is 286 g/mol. The van der Waals surface area contributed by atoms with Gasteiger partial charge in [-0.05, 0) is 40.5 Å². The second-order valence-corrected chi connectivity index (χ2v) is 6.18. The van der Waals surface area contributed by atoms with Gasteiger partial charge in [-0.15, -0.1) is 0 Å². The Morgan fingerprint density at radius 1 is 1.30 bits per heavy atom. The van der Waals surface area contributed by atoms with Gasteiger partial charge in [-0.1, -0.05) is 0 Å². The second kappa shape index (κ2) is 7.47. The van der Waals surface area contributed by atoms with Crippen molar-refractivity contribution in [1.29, 1.82) is 0 Å². The van der Waals surface area contributed by atoms with Gasteiger partial charge in [0.05, 0.1) is 0 Å². The van der Waals surface area contributed by atoms with Gasteiger partial charge in [0.2, 0.25) is 5.91 Å². The van der Waals surface area contributed by atoms with Gasteiger partial charge in [0.15, 0.2) is 0 Å². The highest BCUT2D eigenvalue weighted by Crippen LogP contribution is 2.14. The third-order valence-electron chi connectivity index (χ3n) is 2.93. The number of nitrogens with one attached hydrogen (secondary N) is 2. The summed E-state index contributed by atoms with van der Waals surface area (Å²) in [5.74, 6) is 0.0551.